The van der Waals surface area contributed by atoms with E-state index in [0.717, 1.165) is 35.5 Å². The van der Waals surface area contributed by atoms with E-state index in [1.54, 1.807) is 14.2 Å². The average Bonchev–Trinajstić information content (AvgIpc) is 2.52. The summed E-state index contributed by atoms with van der Waals surface area (Å²) in [6.07, 6.45) is 0.981. The number of rotatable bonds is 7. The van der Waals surface area contributed by atoms with Crippen LogP contribution in [0.3, 0.4) is 0 Å². The predicted octanol–water partition coefficient (Wildman–Crippen LogP) is 3.80. The molecule has 0 radical (unpaired) electrons. The summed E-state index contributed by atoms with van der Waals surface area (Å²) in [7, 11) is 3.37. The number of nitrogens with one attached hydrogen (secondary N) is 1. The van der Waals surface area contributed by atoms with E-state index >= 15 is 0 Å². The van der Waals surface area contributed by atoms with Crippen LogP contribution in [0.25, 0.3) is 0 Å². The Balaban J connectivity index is 1.80. The van der Waals surface area contributed by atoms with E-state index in [9.17, 15) is 0 Å². The van der Waals surface area contributed by atoms with Crippen molar-refractivity contribution in [2.24, 2.45) is 0 Å². The summed E-state index contributed by atoms with van der Waals surface area (Å²) in [4.78, 5) is 0. The highest BCUT2D eigenvalue weighted by Crippen LogP contribution is 2.25. The maximum Gasteiger partial charge on any atom is 0.133 e. The third-order valence-electron chi connectivity index (χ3n) is 3.27. The molecule has 0 spiro atoms. The molecule has 0 saturated heterocycles. The van der Waals surface area contributed by atoms with Crippen LogP contribution in [0.15, 0.2) is 46.9 Å². The largest absolute Gasteiger partial charge is 0.497 e. The fourth-order valence-electron chi connectivity index (χ4n) is 2.11. The first-order valence-corrected chi connectivity index (χ1v) is 7.68. The zero-order valence-corrected chi connectivity index (χ0v) is 13.9. The van der Waals surface area contributed by atoms with E-state index in [1.165, 1.54) is 11.1 Å². The summed E-state index contributed by atoms with van der Waals surface area (Å²) >= 11 is 3.50. The molecule has 0 fully saturated rings. The van der Waals surface area contributed by atoms with Crippen LogP contribution >= 0.6 is 15.9 Å². The van der Waals surface area contributed by atoms with Gasteiger partial charge in [0.1, 0.15) is 11.5 Å². The molecule has 0 unspecified atom stereocenters. The van der Waals surface area contributed by atoms with Crippen LogP contribution < -0.4 is 14.8 Å². The van der Waals surface area contributed by atoms with Gasteiger partial charge >= 0.3 is 0 Å². The highest BCUT2D eigenvalue weighted by molar-refractivity contribution is 9.10. The Morgan fingerprint density at radius 1 is 1.00 bits per heavy atom. The first-order chi connectivity index (χ1) is 10.2. The van der Waals surface area contributed by atoms with Gasteiger partial charge in [0, 0.05) is 6.54 Å². The van der Waals surface area contributed by atoms with Crippen LogP contribution in [0.5, 0.6) is 11.5 Å². The summed E-state index contributed by atoms with van der Waals surface area (Å²) in [5, 5.41) is 3.45. The predicted molar refractivity (Wildman–Crippen MR) is 89.1 cm³/mol. The van der Waals surface area contributed by atoms with E-state index < -0.39 is 0 Å². The fourth-order valence-corrected chi connectivity index (χ4v) is 2.70. The molecule has 21 heavy (non-hydrogen) atoms. The summed E-state index contributed by atoms with van der Waals surface area (Å²) in [5.41, 5.74) is 2.51. The summed E-state index contributed by atoms with van der Waals surface area (Å²) in [5.74, 6) is 1.77. The second kappa shape index (κ2) is 8.05. The first kappa shape index (κ1) is 15.9. The van der Waals surface area contributed by atoms with Crippen LogP contribution in [0.2, 0.25) is 0 Å². The molecule has 2 aromatic carbocycles. The molecule has 0 heterocycles. The molecular weight excluding hydrogens is 330 g/mol. The van der Waals surface area contributed by atoms with Crippen molar-refractivity contribution in [1.82, 2.24) is 5.32 Å². The van der Waals surface area contributed by atoms with Gasteiger partial charge in [0.25, 0.3) is 0 Å². The summed E-state index contributed by atoms with van der Waals surface area (Å²) in [6, 6.07) is 14.3. The Morgan fingerprint density at radius 2 is 1.86 bits per heavy atom. The summed E-state index contributed by atoms with van der Waals surface area (Å²) in [6.45, 7) is 1.77. The van der Waals surface area contributed by atoms with Gasteiger partial charge in [0.05, 0.1) is 18.7 Å². The van der Waals surface area contributed by atoms with Crippen molar-refractivity contribution >= 4 is 15.9 Å². The lowest BCUT2D eigenvalue weighted by atomic mass is 10.1. The molecule has 0 aliphatic rings. The van der Waals surface area contributed by atoms with Crippen molar-refractivity contribution in [3.63, 3.8) is 0 Å². The number of benzene rings is 2. The zero-order chi connectivity index (χ0) is 15.1. The lowest BCUT2D eigenvalue weighted by Crippen LogP contribution is -2.16. The topological polar surface area (TPSA) is 30.5 Å². The molecule has 0 aliphatic heterocycles. The molecular formula is C17H20BrNO2. The lowest BCUT2D eigenvalue weighted by molar-refractivity contribution is 0.412. The minimum absolute atomic E-state index is 0.840. The van der Waals surface area contributed by atoms with Crippen LogP contribution in [-0.4, -0.2) is 20.8 Å². The number of hydrogen-bond donors (Lipinski definition) is 1. The van der Waals surface area contributed by atoms with Crippen LogP contribution in [0.4, 0.5) is 0 Å². The molecule has 112 valence electrons. The smallest absolute Gasteiger partial charge is 0.133 e. The highest BCUT2D eigenvalue weighted by atomic mass is 79.9. The monoisotopic (exact) mass is 349 g/mol. The van der Waals surface area contributed by atoms with Gasteiger partial charge in [-0.1, -0.05) is 18.2 Å². The number of methoxy groups -OCH3 is 2. The number of ether oxygens (including phenoxy) is 2. The van der Waals surface area contributed by atoms with Gasteiger partial charge in [-0.2, -0.15) is 0 Å². The summed E-state index contributed by atoms with van der Waals surface area (Å²) < 4.78 is 11.4. The molecule has 4 heteroatoms. The molecule has 0 aromatic heterocycles. The van der Waals surface area contributed by atoms with Gasteiger partial charge in [0.15, 0.2) is 0 Å². The Labute approximate surface area is 134 Å². The second-order valence-electron chi connectivity index (χ2n) is 4.75. The third-order valence-corrected chi connectivity index (χ3v) is 3.89. The number of halogens is 1. The Hall–Kier alpha value is -1.52. The Bertz CT molecular complexity index is 587. The van der Waals surface area contributed by atoms with Crippen molar-refractivity contribution < 1.29 is 9.47 Å². The van der Waals surface area contributed by atoms with Crippen molar-refractivity contribution in [3.8, 4) is 11.5 Å². The van der Waals surface area contributed by atoms with Crippen LogP contribution in [0, 0.1) is 0 Å². The van der Waals surface area contributed by atoms with E-state index in [-0.39, 0.29) is 0 Å². The van der Waals surface area contributed by atoms with Crippen molar-refractivity contribution in [3.05, 3.63) is 58.1 Å². The van der Waals surface area contributed by atoms with E-state index in [1.807, 2.05) is 18.2 Å². The number of hydrogen-bond acceptors (Lipinski definition) is 3. The maximum absolute atomic E-state index is 5.23. The normalized spacial score (nSPS) is 10.4. The van der Waals surface area contributed by atoms with Gasteiger partial charge in [-0.25, -0.2) is 0 Å². The zero-order valence-electron chi connectivity index (χ0n) is 12.4. The Kier molecular flexibility index (Phi) is 6.08. The first-order valence-electron chi connectivity index (χ1n) is 6.89. The highest BCUT2D eigenvalue weighted by Gasteiger charge is 2.01. The Morgan fingerprint density at radius 3 is 2.57 bits per heavy atom. The quantitative estimate of drug-likeness (QED) is 0.771. The molecule has 2 rings (SSSR count). The van der Waals surface area contributed by atoms with Gasteiger partial charge in [0.2, 0.25) is 0 Å². The second-order valence-corrected chi connectivity index (χ2v) is 5.60. The maximum atomic E-state index is 5.23. The SMILES string of the molecule is COc1cccc(CCNCc2ccc(OC)c(Br)c2)c1. The molecule has 0 atom stereocenters. The molecule has 0 saturated carbocycles. The molecule has 2 aromatic rings. The molecule has 3 nitrogen and oxygen atoms in total. The minimum atomic E-state index is 0.840. The van der Waals surface area contributed by atoms with E-state index in [0.29, 0.717) is 0 Å². The van der Waals surface area contributed by atoms with Gasteiger partial charge in [-0.05, 0) is 64.3 Å². The fraction of sp³-hybridized carbons (Fsp3) is 0.294. The van der Waals surface area contributed by atoms with Crippen LogP contribution in [0.1, 0.15) is 11.1 Å². The van der Waals surface area contributed by atoms with E-state index in [4.69, 9.17) is 9.47 Å². The molecule has 0 amide bonds. The average molecular weight is 350 g/mol. The van der Waals surface area contributed by atoms with Gasteiger partial charge < -0.3 is 14.8 Å². The van der Waals surface area contributed by atoms with Crippen molar-refractivity contribution in [2.75, 3.05) is 20.8 Å². The van der Waals surface area contributed by atoms with Crippen molar-refractivity contribution in [2.45, 2.75) is 13.0 Å². The molecule has 0 aliphatic carbocycles. The molecule has 1 N–H and O–H groups in total. The van der Waals surface area contributed by atoms with Gasteiger partial charge in [-0.3, -0.25) is 0 Å². The van der Waals surface area contributed by atoms with E-state index in [2.05, 4.69) is 45.5 Å². The lowest BCUT2D eigenvalue weighted by Gasteiger charge is -2.08. The van der Waals surface area contributed by atoms with Gasteiger partial charge in [-0.15, -0.1) is 0 Å². The molecule has 0 bridgehead atoms. The van der Waals surface area contributed by atoms with Crippen molar-refractivity contribution in [1.29, 1.82) is 0 Å². The van der Waals surface area contributed by atoms with Crippen LogP contribution in [-0.2, 0) is 13.0 Å². The minimum Gasteiger partial charge on any atom is -0.497 e. The third kappa shape index (κ3) is 4.76. The standard InChI is InChI=1S/C17H20BrNO2/c1-20-15-5-3-4-13(10-15)8-9-19-12-14-6-7-17(21-2)16(18)11-14/h3-7,10-11,19H,8-9,12H2,1-2H3.